The molecule has 0 amide bonds. The van der Waals surface area contributed by atoms with Gasteiger partial charge < -0.3 is 9.84 Å². The zero-order valence-electron chi connectivity index (χ0n) is 12.5. The van der Waals surface area contributed by atoms with Crippen LogP contribution in [0.15, 0.2) is 23.1 Å². The molecule has 0 aliphatic heterocycles. The molecule has 1 fully saturated rings. The van der Waals surface area contributed by atoms with Gasteiger partial charge in [-0.05, 0) is 43.4 Å². The maximum Gasteiger partial charge on any atom is 0.244 e. The zero-order valence-corrected chi connectivity index (χ0v) is 13.3. The quantitative estimate of drug-likeness (QED) is 0.869. The Bertz CT molecular complexity index is 585. The highest BCUT2D eigenvalue weighted by molar-refractivity contribution is 7.89. The Morgan fingerprint density at radius 2 is 2.05 bits per heavy atom. The second-order valence-electron chi connectivity index (χ2n) is 5.61. The van der Waals surface area contributed by atoms with Gasteiger partial charge in [-0.3, -0.25) is 0 Å². The summed E-state index contributed by atoms with van der Waals surface area (Å²) in [6.07, 6.45) is 3.64. The van der Waals surface area contributed by atoms with Crippen molar-refractivity contribution in [1.29, 1.82) is 0 Å². The number of benzene rings is 1. The predicted molar refractivity (Wildman–Crippen MR) is 80.9 cm³/mol. The van der Waals surface area contributed by atoms with Gasteiger partial charge in [0, 0.05) is 12.6 Å². The highest BCUT2D eigenvalue weighted by Crippen LogP contribution is 2.28. The fourth-order valence-electron chi connectivity index (χ4n) is 2.84. The van der Waals surface area contributed by atoms with Gasteiger partial charge >= 0.3 is 0 Å². The predicted octanol–water partition coefficient (Wildman–Crippen LogP) is 1.83. The van der Waals surface area contributed by atoms with Crippen molar-refractivity contribution in [3.05, 3.63) is 23.8 Å². The third kappa shape index (κ3) is 3.75. The minimum atomic E-state index is -3.65. The summed E-state index contributed by atoms with van der Waals surface area (Å²) in [5.41, 5.74) is 0.860. The molecule has 1 saturated carbocycles. The molecule has 5 nitrogen and oxygen atoms in total. The Morgan fingerprint density at radius 3 is 2.71 bits per heavy atom. The first kappa shape index (κ1) is 16.3. The Balaban J connectivity index is 2.27. The summed E-state index contributed by atoms with van der Waals surface area (Å²) >= 11 is 0. The molecule has 0 saturated heterocycles. The first-order valence-electron chi connectivity index (χ1n) is 7.25. The average Bonchev–Trinajstić information content (AvgIpc) is 2.47. The standard InChI is InChI=1S/C15H23NO4S/c1-11-7-8-14(20-2)15(9-11)21(18,19)16-13-6-4-3-5-12(13)10-17/h7-9,12-13,16-17H,3-6,10H2,1-2H3/t12-,13+/m0/s1. The highest BCUT2D eigenvalue weighted by atomic mass is 32.2. The summed E-state index contributed by atoms with van der Waals surface area (Å²) in [5.74, 6) is 0.328. The molecule has 2 rings (SSSR count). The molecule has 21 heavy (non-hydrogen) atoms. The molecule has 0 radical (unpaired) electrons. The number of methoxy groups -OCH3 is 1. The Labute approximate surface area is 126 Å². The molecule has 0 unspecified atom stereocenters. The number of rotatable bonds is 5. The van der Waals surface area contributed by atoms with Crippen LogP contribution in [0.1, 0.15) is 31.2 Å². The van der Waals surface area contributed by atoms with Gasteiger partial charge in [-0.1, -0.05) is 18.9 Å². The van der Waals surface area contributed by atoms with Crippen LogP contribution in [0.5, 0.6) is 5.75 Å². The second kappa shape index (κ2) is 6.77. The summed E-state index contributed by atoms with van der Waals surface area (Å²) in [5, 5.41) is 9.41. The van der Waals surface area contributed by atoms with E-state index in [-0.39, 0.29) is 23.5 Å². The molecule has 2 atom stereocenters. The molecular formula is C15H23NO4S. The van der Waals surface area contributed by atoms with Crippen LogP contribution in [-0.4, -0.2) is 33.3 Å². The largest absolute Gasteiger partial charge is 0.495 e. The molecule has 118 valence electrons. The van der Waals surface area contributed by atoms with E-state index in [4.69, 9.17) is 4.74 Å². The minimum Gasteiger partial charge on any atom is -0.495 e. The van der Waals surface area contributed by atoms with E-state index in [1.54, 1.807) is 12.1 Å². The monoisotopic (exact) mass is 313 g/mol. The molecule has 2 N–H and O–H groups in total. The lowest BCUT2D eigenvalue weighted by atomic mass is 9.86. The molecule has 0 aromatic heterocycles. The van der Waals surface area contributed by atoms with E-state index in [2.05, 4.69) is 4.72 Å². The first-order valence-corrected chi connectivity index (χ1v) is 8.74. The lowest BCUT2D eigenvalue weighted by Gasteiger charge is -2.30. The van der Waals surface area contributed by atoms with Crippen molar-refractivity contribution >= 4 is 10.0 Å². The van der Waals surface area contributed by atoms with E-state index < -0.39 is 10.0 Å². The Hall–Kier alpha value is -1.11. The van der Waals surface area contributed by atoms with Gasteiger partial charge in [0.15, 0.2) is 0 Å². The molecule has 6 heteroatoms. The Morgan fingerprint density at radius 1 is 1.33 bits per heavy atom. The molecule has 1 aliphatic rings. The van der Waals surface area contributed by atoms with Crippen LogP contribution < -0.4 is 9.46 Å². The number of aryl methyl sites for hydroxylation is 1. The summed E-state index contributed by atoms with van der Waals surface area (Å²) in [6.45, 7) is 1.85. The van der Waals surface area contributed by atoms with Crippen molar-refractivity contribution in [2.45, 2.75) is 43.5 Å². The lowest BCUT2D eigenvalue weighted by Crippen LogP contribution is -2.43. The number of sulfonamides is 1. The summed E-state index contributed by atoms with van der Waals surface area (Å²) in [7, 11) is -2.20. The van der Waals surface area contributed by atoms with Crippen LogP contribution in [0, 0.1) is 12.8 Å². The lowest BCUT2D eigenvalue weighted by molar-refractivity contribution is 0.164. The smallest absolute Gasteiger partial charge is 0.244 e. The van der Waals surface area contributed by atoms with Crippen molar-refractivity contribution in [2.75, 3.05) is 13.7 Å². The molecule has 0 heterocycles. The van der Waals surface area contributed by atoms with Crippen molar-refractivity contribution < 1.29 is 18.3 Å². The molecule has 1 aromatic carbocycles. The first-order chi connectivity index (χ1) is 9.97. The summed E-state index contributed by atoms with van der Waals surface area (Å²) in [6, 6.07) is 4.88. The van der Waals surface area contributed by atoms with Crippen LogP contribution in [0.2, 0.25) is 0 Å². The maximum atomic E-state index is 12.6. The number of ether oxygens (including phenoxy) is 1. The van der Waals surface area contributed by atoms with E-state index in [0.717, 1.165) is 31.2 Å². The van der Waals surface area contributed by atoms with Gasteiger partial charge in [-0.15, -0.1) is 0 Å². The average molecular weight is 313 g/mol. The fourth-order valence-corrected chi connectivity index (χ4v) is 4.43. The van der Waals surface area contributed by atoms with Crippen LogP contribution >= 0.6 is 0 Å². The van der Waals surface area contributed by atoms with Crippen LogP contribution in [-0.2, 0) is 10.0 Å². The zero-order chi connectivity index (χ0) is 15.5. The van der Waals surface area contributed by atoms with E-state index in [1.807, 2.05) is 13.0 Å². The van der Waals surface area contributed by atoms with E-state index in [9.17, 15) is 13.5 Å². The fraction of sp³-hybridized carbons (Fsp3) is 0.600. The van der Waals surface area contributed by atoms with Gasteiger partial charge in [0.1, 0.15) is 10.6 Å². The third-order valence-electron chi connectivity index (χ3n) is 4.06. The summed E-state index contributed by atoms with van der Waals surface area (Å²) < 4.78 is 33.1. The van der Waals surface area contributed by atoms with Crippen molar-refractivity contribution in [2.24, 2.45) is 5.92 Å². The minimum absolute atomic E-state index is 0.00988. The van der Waals surface area contributed by atoms with E-state index in [0.29, 0.717) is 5.75 Å². The number of aliphatic hydroxyl groups excluding tert-OH is 1. The molecule has 0 bridgehead atoms. The molecular weight excluding hydrogens is 290 g/mol. The summed E-state index contributed by atoms with van der Waals surface area (Å²) in [4.78, 5) is 0.160. The highest BCUT2D eigenvalue weighted by Gasteiger charge is 2.30. The number of hydrogen-bond acceptors (Lipinski definition) is 4. The SMILES string of the molecule is COc1ccc(C)cc1S(=O)(=O)N[C@@H]1CCCC[C@H]1CO. The number of nitrogens with one attached hydrogen (secondary N) is 1. The molecule has 0 spiro atoms. The number of aliphatic hydroxyl groups is 1. The van der Waals surface area contributed by atoms with Gasteiger partial charge in [-0.25, -0.2) is 13.1 Å². The van der Waals surface area contributed by atoms with Crippen molar-refractivity contribution in [3.63, 3.8) is 0 Å². The third-order valence-corrected chi connectivity index (χ3v) is 5.57. The number of hydrogen-bond donors (Lipinski definition) is 2. The molecule has 1 aromatic rings. The maximum absolute atomic E-state index is 12.6. The van der Waals surface area contributed by atoms with E-state index >= 15 is 0 Å². The van der Waals surface area contributed by atoms with E-state index in [1.165, 1.54) is 7.11 Å². The van der Waals surface area contributed by atoms with Crippen molar-refractivity contribution in [1.82, 2.24) is 4.72 Å². The van der Waals surface area contributed by atoms with Gasteiger partial charge in [0.2, 0.25) is 10.0 Å². The van der Waals surface area contributed by atoms with Crippen LogP contribution in [0.25, 0.3) is 0 Å². The normalized spacial score (nSPS) is 23.0. The topological polar surface area (TPSA) is 75.6 Å². The second-order valence-corrected chi connectivity index (χ2v) is 7.29. The van der Waals surface area contributed by atoms with Crippen molar-refractivity contribution in [3.8, 4) is 5.75 Å². The van der Waals surface area contributed by atoms with Gasteiger partial charge in [0.25, 0.3) is 0 Å². The van der Waals surface area contributed by atoms with Gasteiger partial charge in [-0.2, -0.15) is 0 Å². The Kier molecular flexibility index (Phi) is 5.24. The van der Waals surface area contributed by atoms with Crippen LogP contribution in [0.3, 0.4) is 0 Å². The molecule has 1 aliphatic carbocycles. The van der Waals surface area contributed by atoms with Gasteiger partial charge in [0.05, 0.1) is 7.11 Å². The van der Waals surface area contributed by atoms with Crippen LogP contribution in [0.4, 0.5) is 0 Å².